The standard InChI is InChI=1S/C8H16N2O2.C2H6/c1-7(11)8(12)10-5-3-9(2)4-6-10;1-2/h7,11H,3-6H2,1-2H3;1-2H3. The monoisotopic (exact) mass is 202 g/mol. The van der Waals surface area contributed by atoms with Gasteiger partial charge >= 0.3 is 0 Å². The van der Waals surface area contributed by atoms with E-state index >= 15 is 0 Å². The van der Waals surface area contributed by atoms with Crippen LogP contribution in [0.15, 0.2) is 0 Å². The van der Waals surface area contributed by atoms with E-state index < -0.39 is 6.10 Å². The third-order valence-electron chi connectivity index (χ3n) is 2.17. The van der Waals surface area contributed by atoms with Crippen LogP contribution in [0.4, 0.5) is 0 Å². The fourth-order valence-corrected chi connectivity index (χ4v) is 1.29. The molecule has 0 saturated carbocycles. The molecule has 1 N–H and O–H groups in total. The Balaban J connectivity index is 0.000000791. The van der Waals surface area contributed by atoms with Crippen LogP contribution in [0, 0.1) is 0 Å². The summed E-state index contributed by atoms with van der Waals surface area (Å²) < 4.78 is 0. The second-order valence-electron chi connectivity index (χ2n) is 3.30. The number of nitrogens with zero attached hydrogens (tertiary/aromatic N) is 2. The van der Waals surface area contributed by atoms with E-state index in [1.165, 1.54) is 6.92 Å². The van der Waals surface area contributed by atoms with Crippen LogP contribution in [0.3, 0.4) is 0 Å². The molecular weight excluding hydrogens is 180 g/mol. The second kappa shape index (κ2) is 6.79. The Hall–Kier alpha value is -0.610. The molecule has 4 nitrogen and oxygen atoms in total. The molecule has 1 atom stereocenters. The number of rotatable bonds is 1. The SMILES string of the molecule is CC.CC(O)C(=O)N1CCN(C)CC1. The number of piperazine rings is 1. The molecule has 1 saturated heterocycles. The van der Waals surface area contributed by atoms with Gasteiger partial charge in [0.15, 0.2) is 0 Å². The van der Waals surface area contributed by atoms with Gasteiger partial charge in [0.05, 0.1) is 0 Å². The first-order chi connectivity index (χ1) is 6.61. The van der Waals surface area contributed by atoms with Gasteiger partial charge in [0.2, 0.25) is 0 Å². The zero-order valence-corrected chi connectivity index (χ0v) is 9.66. The highest BCUT2D eigenvalue weighted by Crippen LogP contribution is 2.01. The van der Waals surface area contributed by atoms with Gasteiger partial charge in [-0.05, 0) is 14.0 Å². The molecule has 1 unspecified atom stereocenters. The lowest BCUT2D eigenvalue weighted by atomic mass is 10.3. The number of hydrogen-bond donors (Lipinski definition) is 1. The Morgan fingerprint density at radius 2 is 1.64 bits per heavy atom. The fraction of sp³-hybridized carbons (Fsp3) is 0.900. The van der Waals surface area contributed by atoms with Gasteiger partial charge in [-0.15, -0.1) is 0 Å². The first-order valence-electron chi connectivity index (χ1n) is 5.26. The highest BCUT2D eigenvalue weighted by atomic mass is 16.3. The third-order valence-corrected chi connectivity index (χ3v) is 2.17. The summed E-state index contributed by atoms with van der Waals surface area (Å²) in [5.41, 5.74) is 0. The number of amides is 1. The first kappa shape index (κ1) is 13.4. The van der Waals surface area contributed by atoms with Crippen LogP contribution < -0.4 is 0 Å². The maximum atomic E-state index is 11.3. The Morgan fingerprint density at radius 3 is 2.00 bits per heavy atom. The van der Waals surface area contributed by atoms with E-state index in [1.54, 1.807) is 4.90 Å². The summed E-state index contributed by atoms with van der Waals surface area (Å²) in [4.78, 5) is 15.1. The summed E-state index contributed by atoms with van der Waals surface area (Å²) in [7, 11) is 2.03. The number of carbonyl (C=O) groups excluding carboxylic acids is 1. The zero-order valence-electron chi connectivity index (χ0n) is 9.66. The third kappa shape index (κ3) is 4.07. The molecule has 0 bridgehead atoms. The van der Waals surface area contributed by atoms with Crippen LogP contribution in [0.5, 0.6) is 0 Å². The summed E-state index contributed by atoms with van der Waals surface area (Å²) in [5.74, 6) is -0.150. The van der Waals surface area contributed by atoms with Crippen molar-refractivity contribution >= 4 is 5.91 Å². The van der Waals surface area contributed by atoms with Gasteiger partial charge in [0.25, 0.3) is 5.91 Å². The molecule has 1 aliphatic heterocycles. The molecule has 0 spiro atoms. The van der Waals surface area contributed by atoms with Gasteiger partial charge < -0.3 is 14.9 Å². The van der Waals surface area contributed by atoms with Crippen molar-refractivity contribution in [1.82, 2.24) is 9.80 Å². The molecule has 0 radical (unpaired) electrons. The molecule has 0 aliphatic carbocycles. The molecule has 0 aromatic rings. The number of likely N-dealkylation sites (N-methyl/N-ethyl adjacent to an activating group) is 1. The van der Waals surface area contributed by atoms with Crippen LogP contribution >= 0.6 is 0 Å². The molecule has 1 fully saturated rings. The van der Waals surface area contributed by atoms with E-state index in [-0.39, 0.29) is 5.91 Å². The molecule has 0 aromatic carbocycles. The van der Waals surface area contributed by atoms with Crippen LogP contribution in [-0.2, 0) is 4.79 Å². The summed E-state index contributed by atoms with van der Waals surface area (Å²) in [6.07, 6.45) is -0.853. The topological polar surface area (TPSA) is 43.8 Å². The highest BCUT2D eigenvalue weighted by Gasteiger charge is 2.21. The summed E-state index contributed by atoms with van der Waals surface area (Å²) >= 11 is 0. The van der Waals surface area contributed by atoms with Crippen molar-refractivity contribution in [1.29, 1.82) is 0 Å². The number of aliphatic hydroxyl groups excluding tert-OH is 1. The second-order valence-corrected chi connectivity index (χ2v) is 3.30. The summed E-state index contributed by atoms with van der Waals surface area (Å²) in [6.45, 7) is 8.79. The van der Waals surface area contributed by atoms with Crippen LogP contribution in [0.1, 0.15) is 20.8 Å². The summed E-state index contributed by atoms with van der Waals surface area (Å²) in [6, 6.07) is 0. The predicted octanol–water partition coefficient (Wildman–Crippen LogP) is 0.167. The van der Waals surface area contributed by atoms with Crippen LogP contribution in [-0.4, -0.2) is 60.1 Å². The van der Waals surface area contributed by atoms with Crippen molar-refractivity contribution in [2.75, 3.05) is 33.2 Å². The quantitative estimate of drug-likeness (QED) is 0.659. The van der Waals surface area contributed by atoms with E-state index in [2.05, 4.69) is 4.90 Å². The smallest absolute Gasteiger partial charge is 0.251 e. The van der Waals surface area contributed by atoms with Crippen LogP contribution in [0.25, 0.3) is 0 Å². The average molecular weight is 202 g/mol. The van der Waals surface area contributed by atoms with Crippen molar-refractivity contribution in [2.45, 2.75) is 26.9 Å². The van der Waals surface area contributed by atoms with Crippen molar-refractivity contribution < 1.29 is 9.90 Å². The number of carbonyl (C=O) groups is 1. The Morgan fingerprint density at radius 1 is 1.21 bits per heavy atom. The maximum Gasteiger partial charge on any atom is 0.251 e. The maximum absolute atomic E-state index is 11.3. The van der Waals surface area contributed by atoms with Crippen molar-refractivity contribution in [2.24, 2.45) is 0 Å². The number of hydrogen-bond acceptors (Lipinski definition) is 3. The van der Waals surface area contributed by atoms with Gasteiger partial charge in [0.1, 0.15) is 6.10 Å². The minimum absolute atomic E-state index is 0.150. The van der Waals surface area contributed by atoms with Gasteiger partial charge in [0, 0.05) is 26.2 Å². The largest absolute Gasteiger partial charge is 0.384 e. The van der Waals surface area contributed by atoms with Crippen molar-refractivity contribution in [3.63, 3.8) is 0 Å². The van der Waals surface area contributed by atoms with Crippen molar-refractivity contribution in [3.8, 4) is 0 Å². The van der Waals surface area contributed by atoms with E-state index in [1.807, 2.05) is 20.9 Å². The minimum Gasteiger partial charge on any atom is -0.384 e. The Kier molecular flexibility index (Phi) is 6.49. The van der Waals surface area contributed by atoms with Gasteiger partial charge in [-0.25, -0.2) is 0 Å². The molecular formula is C10H22N2O2. The molecule has 0 aromatic heterocycles. The van der Waals surface area contributed by atoms with E-state index in [4.69, 9.17) is 5.11 Å². The molecule has 1 amide bonds. The number of aliphatic hydroxyl groups is 1. The molecule has 84 valence electrons. The van der Waals surface area contributed by atoms with Gasteiger partial charge in [-0.3, -0.25) is 4.79 Å². The highest BCUT2D eigenvalue weighted by molar-refractivity contribution is 5.80. The minimum atomic E-state index is -0.853. The Bertz CT molecular complexity index is 164. The lowest BCUT2D eigenvalue weighted by Crippen LogP contribution is -2.49. The predicted molar refractivity (Wildman–Crippen MR) is 57.1 cm³/mol. The molecule has 1 heterocycles. The Labute approximate surface area is 86.5 Å². The molecule has 4 heteroatoms. The first-order valence-corrected chi connectivity index (χ1v) is 5.26. The lowest BCUT2D eigenvalue weighted by Gasteiger charge is -2.33. The zero-order chi connectivity index (χ0) is 11.1. The summed E-state index contributed by atoms with van der Waals surface area (Å²) in [5, 5.41) is 9.03. The van der Waals surface area contributed by atoms with E-state index in [9.17, 15) is 4.79 Å². The van der Waals surface area contributed by atoms with E-state index in [0.29, 0.717) is 0 Å². The molecule has 1 rings (SSSR count). The fourth-order valence-electron chi connectivity index (χ4n) is 1.29. The van der Waals surface area contributed by atoms with Crippen molar-refractivity contribution in [3.05, 3.63) is 0 Å². The molecule has 14 heavy (non-hydrogen) atoms. The lowest BCUT2D eigenvalue weighted by molar-refractivity contribution is -0.140. The van der Waals surface area contributed by atoms with Crippen LogP contribution in [0.2, 0.25) is 0 Å². The van der Waals surface area contributed by atoms with E-state index in [0.717, 1.165) is 26.2 Å². The van der Waals surface area contributed by atoms with Gasteiger partial charge in [-0.2, -0.15) is 0 Å². The molecule has 1 aliphatic rings. The van der Waals surface area contributed by atoms with Gasteiger partial charge in [-0.1, -0.05) is 13.8 Å². The average Bonchev–Trinajstić information content (AvgIpc) is 2.21. The normalized spacial score (nSPS) is 19.6.